The van der Waals surface area contributed by atoms with E-state index < -0.39 is 11.8 Å². The lowest BCUT2D eigenvalue weighted by molar-refractivity contribution is 0.0687. The minimum absolute atomic E-state index is 0.272. The Morgan fingerprint density at radius 3 is 2.73 bits per heavy atom. The van der Waals surface area contributed by atoms with Gasteiger partial charge in [-0.1, -0.05) is 0 Å². The van der Waals surface area contributed by atoms with E-state index in [1.54, 1.807) is 6.07 Å². The molecule has 1 fully saturated rings. The SMILES string of the molecule is FC(F)C1(CNc2cc(Br)ncn2)CC1. The summed E-state index contributed by atoms with van der Waals surface area (Å²) in [5.41, 5.74) is -0.822. The van der Waals surface area contributed by atoms with Gasteiger partial charge in [0, 0.05) is 18.0 Å². The topological polar surface area (TPSA) is 37.8 Å². The van der Waals surface area contributed by atoms with Gasteiger partial charge in [0.1, 0.15) is 16.7 Å². The second kappa shape index (κ2) is 4.00. The van der Waals surface area contributed by atoms with Gasteiger partial charge in [-0.15, -0.1) is 0 Å². The largest absolute Gasteiger partial charge is 0.369 e. The Bertz CT molecular complexity index is 355. The van der Waals surface area contributed by atoms with E-state index in [1.807, 2.05) is 0 Å². The minimum Gasteiger partial charge on any atom is -0.369 e. The smallest absolute Gasteiger partial charge is 0.245 e. The van der Waals surface area contributed by atoms with Gasteiger partial charge in [-0.3, -0.25) is 0 Å². The monoisotopic (exact) mass is 277 g/mol. The predicted octanol–water partition coefficient (Wildman–Crippen LogP) is 2.70. The number of aromatic nitrogens is 2. The van der Waals surface area contributed by atoms with Gasteiger partial charge in [0.05, 0.1) is 0 Å². The van der Waals surface area contributed by atoms with Crippen molar-refractivity contribution in [2.24, 2.45) is 5.41 Å². The molecule has 2 rings (SSSR count). The van der Waals surface area contributed by atoms with E-state index in [4.69, 9.17) is 0 Å². The highest BCUT2D eigenvalue weighted by molar-refractivity contribution is 9.10. The summed E-state index contributed by atoms with van der Waals surface area (Å²) < 4.78 is 25.8. The Kier molecular flexibility index (Phi) is 2.86. The van der Waals surface area contributed by atoms with Crippen molar-refractivity contribution in [1.29, 1.82) is 0 Å². The molecule has 0 saturated heterocycles. The number of nitrogens with zero attached hydrogens (tertiary/aromatic N) is 2. The van der Waals surface area contributed by atoms with Gasteiger partial charge < -0.3 is 5.32 Å². The summed E-state index contributed by atoms with van der Waals surface area (Å²) in [6.07, 6.45) is 0.303. The third kappa shape index (κ3) is 2.42. The summed E-state index contributed by atoms with van der Waals surface area (Å²) in [7, 11) is 0. The zero-order valence-electron chi connectivity index (χ0n) is 7.88. The van der Waals surface area contributed by atoms with E-state index in [2.05, 4.69) is 31.2 Å². The van der Waals surface area contributed by atoms with E-state index >= 15 is 0 Å². The molecule has 0 atom stereocenters. The van der Waals surface area contributed by atoms with Crippen LogP contribution in [0, 0.1) is 5.41 Å². The molecule has 0 amide bonds. The van der Waals surface area contributed by atoms with Crippen LogP contribution in [0.5, 0.6) is 0 Å². The van der Waals surface area contributed by atoms with Crippen LogP contribution in [0.1, 0.15) is 12.8 Å². The molecule has 0 aliphatic heterocycles. The molecule has 0 unspecified atom stereocenters. The van der Waals surface area contributed by atoms with Gasteiger partial charge >= 0.3 is 0 Å². The van der Waals surface area contributed by atoms with Gasteiger partial charge in [-0.25, -0.2) is 18.7 Å². The number of nitrogens with one attached hydrogen (secondary N) is 1. The molecule has 1 aromatic rings. The van der Waals surface area contributed by atoms with Crippen LogP contribution in [-0.2, 0) is 0 Å². The van der Waals surface area contributed by atoms with Crippen molar-refractivity contribution in [3.05, 3.63) is 17.0 Å². The first kappa shape index (κ1) is 10.7. The van der Waals surface area contributed by atoms with E-state index in [0.29, 0.717) is 23.3 Å². The molecule has 1 N–H and O–H groups in total. The predicted molar refractivity (Wildman–Crippen MR) is 55.9 cm³/mol. The van der Waals surface area contributed by atoms with E-state index in [0.717, 1.165) is 0 Å². The summed E-state index contributed by atoms with van der Waals surface area (Å²) in [6.45, 7) is 0.272. The van der Waals surface area contributed by atoms with Crippen LogP contribution < -0.4 is 5.32 Å². The van der Waals surface area contributed by atoms with E-state index in [1.165, 1.54) is 6.33 Å². The highest BCUT2D eigenvalue weighted by Gasteiger charge is 2.50. The molecule has 1 aliphatic carbocycles. The second-order valence-corrected chi connectivity index (χ2v) is 4.56. The summed E-state index contributed by atoms with van der Waals surface area (Å²) in [5, 5.41) is 2.91. The summed E-state index contributed by atoms with van der Waals surface area (Å²) in [4.78, 5) is 7.79. The molecular weight excluding hydrogens is 268 g/mol. The lowest BCUT2D eigenvalue weighted by Crippen LogP contribution is -2.23. The van der Waals surface area contributed by atoms with Crippen molar-refractivity contribution in [3.63, 3.8) is 0 Å². The Morgan fingerprint density at radius 2 is 2.20 bits per heavy atom. The summed E-state index contributed by atoms with van der Waals surface area (Å²) in [5.74, 6) is 0.573. The maximum Gasteiger partial charge on any atom is 0.245 e. The third-order valence-electron chi connectivity index (χ3n) is 2.61. The van der Waals surface area contributed by atoms with Crippen LogP contribution in [0.2, 0.25) is 0 Å². The highest BCUT2D eigenvalue weighted by atomic mass is 79.9. The molecule has 15 heavy (non-hydrogen) atoms. The highest BCUT2D eigenvalue weighted by Crippen LogP contribution is 2.50. The van der Waals surface area contributed by atoms with E-state index in [-0.39, 0.29) is 6.54 Å². The van der Waals surface area contributed by atoms with Crippen LogP contribution in [0.3, 0.4) is 0 Å². The normalized spacial score (nSPS) is 17.9. The molecule has 1 saturated carbocycles. The van der Waals surface area contributed by atoms with Crippen molar-refractivity contribution in [2.45, 2.75) is 19.3 Å². The molecule has 0 radical (unpaired) electrons. The number of halogens is 3. The average molecular weight is 278 g/mol. The van der Waals surface area contributed by atoms with Crippen LogP contribution in [0.15, 0.2) is 17.0 Å². The molecular formula is C9H10BrF2N3. The molecule has 0 aromatic carbocycles. The zero-order valence-corrected chi connectivity index (χ0v) is 9.47. The van der Waals surface area contributed by atoms with Crippen molar-refractivity contribution in [2.75, 3.05) is 11.9 Å². The quantitative estimate of drug-likeness (QED) is 0.860. The van der Waals surface area contributed by atoms with Gasteiger partial charge in [-0.2, -0.15) is 0 Å². The molecule has 1 aliphatic rings. The molecule has 6 heteroatoms. The van der Waals surface area contributed by atoms with Crippen LogP contribution >= 0.6 is 15.9 Å². The summed E-state index contributed by atoms with van der Waals surface area (Å²) in [6, 6.07) is 1.67. The maximum absolute atomic E-state index is 12.6. The number of alkyl halides is 2. The van der Waals surface area contributed by atoms with Gasteiger partial charge in [0.25, 0.3) is 0 Å². The zero-order chi connectivity index (χ0) is 10.9. The Morgan fingerprint density at radius 1 is 1.47 bits per heavy atom. The Labute approximate surface area is 94.4 Å². The number of hydrogen-bond acceptors (Lipinski definition) is 3. The van der Waals surface area contributed by atoms with Crippen molar-refractivity contribution in [3.8, 4) is 0 Å². The Hall–Kier alpha value is -0.780. The van der Waals surface area contributed by atoms with Gasteiger partial charge in [0.2, 0.25) is 6.43 Å². The lowest BCUT2D eigenvalue weighted by Gasteiger charge is -2.14. The first-order valence-electron chi connectivity index (χ1n) is 4.62. The number of hydrogen-bond donors (Lipinski definition) is 1. The van der Waals surface area contributed by atoms with Gasteiger partial charge in [0.15, 0.2) is 0 Å². The van der Waals surface area contributed by atoms with Crippen LogP contribution in [0.25, 0.3) is 0 Å². The maximum atomic E-state index is 12.6. The van der Waals surface area contributed by atoms with Crippen molar-refractivity contribution >= 4 is 21.7 Å². The molecule has 0 spiro atoms. The van der Waals surface area contributed by atoms with Gasteiger partial charge in [-0.05, 0) is 28.8 Å². The van der Waals surface area contributed by atoms with E-state index in [9.17, 15) is 8.78 Å². The van der Waals surface area contributed by atoms with Crippen LogP contribution in [-0.4, -0.2) is 22.9 Å². The molecule has 82 valence electrons. The number of anilines is 1. The average Bonchev–Trinajstić information content (AvgIpc) is 2.96. The minimum atomic E-state index is -2.25. The van der Waals surface area contributed by atoms with Crippen molar-refractivity contribution in [1.82, 2.24) is 9.97 Å². The molecule has 1 aromatic heterocycles. The number of rotatable bonds is 4. The fraction of sp³-hybridized carbons (Fsp3) is 0.556. The summed E-state index contributed by atoms with van der Waals surface area (Å²) >= 11 is 3.19. The third-order valence-corrected chi connectivity index (χ3v) is 3.04. The molecule has 3 nitrogen and oxygen atoms in total. The van der Waals surface area contributed by atoms with Crippen molar-refractivity contribution < 1.29 is 8.78 Å². The van der Waals surface area contributed by atoms with Crippen LogP contribution in [0.4, 0.5) is 14.6 Å². The lowest BCUT2D eigenvalue weighted by atomic mass is 10.1. The fourth-order valence-electron chi connectivity index (χ4n) is 1.33. The first-order chi connectivity index (χ1) is 7.12. The second-order valence-electron chi connectivity index (χ2n) is 3.74. The molecule has 1 heterocycles. The first-order valence-corrected chi connectivity index (χ1v) is 5.41. The Balaban J connectivity index is 1.94. The fourth-order valence-corrected chi connectivity index (χ4v) is 1.64. The standard InChI is InChI=1S/C9H10BrF2N3/c10-6-3-7(15-5-14-6)13-4-9(1-2-9)8(11)12/h3,5,8H,1-2,4H2,(H,13,14,15). The molecule has 0 bridgehead atoms.